The molecule has 0 unspecified atom stereocenters. The molecule has 0 spiro atoms. The molecule has 0 saturated carbocycles. The number of rotatable bonds is 5. The van der Waals surface area contributed by atoms with E-state index in [0.717, 1.165) is 34.9 Å². The van der Waals surface area contributed by atoms with E-state index in [9.17, 15) is 0 Å². The Hall–Kier alpha value is -2.95. The van der Waals surface area contributed by atoms with Crippen molar-refractivity contribution in [1.29, 1.82) is 0 Å². The first kappa shape index (κ1) is 17.5. The molecule has 0 fully saturated rings. The van der Waals surface area contributed by atoms with Gasteiger partial charge in [0.15, 0.2) is 0 Å². The molecule has 2 aromatic carbocycles. The third-order valence-electron chi connectivity index (χ3n) is 4.79. The zero-order valence-corrected chi connectivity index (χ0v) is 16.2. The molecule has 5 nitrogen and oxygen atoms in total. The lowest BCUT2D eigenvalue weighted by molar-refractivity contribution is 0.432. The minimum Gasteiger partial charge on any atom is -0.334 e. The van der Waals surface area contributed by atoms with Gasteiger partial charge in [0.2, 0.25) is 5.82 Å². The average Bonchev–Trinajstić information content (AvgIpc) is 3.28. The average molecular weight is 360 g/mol. The minimum absolute atomic E-state index is 0.328. The van der Waals surface area contributed by atoms with Gasteiger partial charge < -0.3 is 4.52 Å². The van der Waals surface area contributed by atoms with E-state index in [2.05, 4.69) is 73.4 Å². The molecule has 138 valence electrons. The highest BCUT2D eigenvalue weighted by Gasteiger charge is 2.14. The number of hydrogen-bond donors (Lipinski definition) is 0. The van der Waals surface area contributed by atoms with Crippen molar-refractivity contribution >= 4 is 10.9 Å². The second-order valence-corrected chi connectivity index (χ2v) is 7.30. The van der Waals surface area contributed by atoms with Gasteiger partial charge in [-0.05, 0) is 56.5 Å². The van der Waals surface area contributed by atoms with Gasteiger partial charge in [0.1, 0.15) is 0 Å². The Kier molecular flexibility index (Phi) is 4.52. The third-order valence-corrected chi connectivity index (χ3v) is 4.79. The Balaban J connectivity index is 1.67. The van der Waals surface area contributed by atoms with Crippen LogP contribution >= 0.6 is 0 Å². The SMILES string of the molecule is CCCc1ccc(-c2noc(-c3ccc4nn(C(C)C)cc4c3)n2)c(C)c1. The van der Waals surface area contributed by atoms with Crippen molar-refractivity contribution in [3.05, 3.63) is 53.7 Å². The Morgan fingerprint density at radius 3 is 2.70 bits per heavy atom. The second-order valence-electron chi connectivity index (χ2n) is 7.30. The molecule has 0 aliphatic heterocycles. The van der Waals surface area contributed by atoms with E-state index < -0.39 is 0 Å². The summed E-state index contributed by atoms with van der Waals surface area (Å²) >= 11 is 0. The van der Waals surface area contributed by atoms with Crippen LogP contribution in [0.3, 0.4) is 0 Å². The number of aromatic nitrogens is 4. The fourth-order valence-electron chi connectivity index (χ4n) is 3.31. The lowest BCUT2D eigenvalue weighted by atomic mass is 10.0. The molecule has 0 radical (unpaired) electrons. The molecule has 0 aliphatic carbocycles. The van der Waals surface area contributed by atoms with Crippen molar-refractivity contribution in [2.75, 3.05) is 0 Å². The number of hydrogen-bond acceptors (Lipinski definition) is 4. The summed E-state index contributed by atoms with van der Waals surface area (Å²) in [5.74, 6) is 1.16. The molecule has 4 aromatic rings. The van der Waals surface area contributed by atoms with Crippen LogP contribution in [0.1, 0.15) is 44.4 Å². The lowest BCUT2D eigenvalue weighted by Gasteiger charge is -2.04. The van der Waals surface area contributed by atoms with E-state index in [-0.39, 0.29) is 0 Å². The Bertz CT molecular complexity index is 1090. The molecule has 0 amide bonds. The Morgan fingerprint density at radius 2 is 1.96 bits per heavy atom. The highest BCUT2D eigenvalue weighted by molar-refractivity contribution is 5.83. The van der Waals surface area contributed by atoms with Gasteiger partial charge in [-0.1, -0.05) is 36.7 Å². The number of aryl methyl sites for hydroxylation is 2. The van der Waals surface area contributed by atoms with Crippen LogP contribution in [-0.2, 0) is 6.42 Å². The Labute approximate surface area is 159 Å². The van der Waals surface area contributed by atoms with Crippen molar-refractivity contribution in [1.82, 2.24) is 19.9 Å². The van der Waals surface area contributed by atoms with Gasteiger partial charge in [0.25, 0.3) is 5.89 Å². The first-order valence-electron chi connectivity index (χ1n) is 9.48. The van der Waals surface area contributed by atoms with Crippen molar-refractivity contribution in [2.24, 2.45) is 0 Å². The summed E-state index contributed by atoms with van der Waals surface area (Å²) in [6.45, 7) is 8.52. The molecular formula is C22H24N4O. The van der Waals surface area contributed by atoms with Crippen molar-refractivity contribution < 1.29 is 4.52 Å². The number of nitrogens with zero attached hydrogens (tertiary/aromatic N) is 4. The third kappa shape index (κ3) is 3.37. The zero-order chi connectivity index (χ0) is 19.0. The molecule has 0 saturated heterocycles. The number of benzene rings is 2. The lowest BCUT2D eigenvalue weighted by Crippen LogP contribution is -1.99. The summed E-state index contributed by atoms with van der Waals surface area (Å²) in [4.78, 5) is 4.63. The molecule has 0 N–H and O–H groups in total. The van der Waals surface area contributed by atoms with Gasteiger partial charge in [0.05, 0.1) is 5.52 Å². The quantitative estimate of drug-likeness (QED) is 0.465. The van der Waals surface area contributed by atoms with Crippen LogP contribution in [0.25, 0.3) is 33.7 Å². The van der Waals surface area contributed by atoms with Crippen LogP contribution in [-0.4, -0.2) is 19.9 Å². The van der Waals surface area contributed by atoms with E-state index in [1.807, 2.05) is 16.8 Å². The van der Waals surface area contributed by atoms with Crippen LogP contribution in [0.4, 0.5) is 0 Å². The van der Waals surface area contributed by atoms with Gasteiger partial charge in [-0.25, -0.2) is 0 Å². The predicted molar refractivity (Wildman–Crippen MR) is 108 cm³/mol. The van der Waals surface area contributed by atoms with E-state index in [1.54, 1.807) is 0 Å². The van der Waals surface area contributed by atoms with Crippen LogP contribution in [0.2, 0.25) is 0 Å². The first-order chi connectivity index (χ1) is 13.0. The minimum atomic E-state index is 0.328. The van der Waals surface area contributed by atoms with E-state index >= 15 is 0 Å². The van der Waals surface area contributed by atoms with Crippen LogP contribution in [0, 0.1) is 6.92 Å². The van der Waals surface area contributed by atoms with Crippen molar-refractivity contribution in [2.45, 2.75) is 46.6 Å². The largest absolute Gasteiger partial charge is 0.334 e. The highest BCUT2D eigenvalue weighted by Crippen LogP contribution is 2.27. The van der Waals surface area contributed by atoms with Crippen molar-refractivity contribution in [3.8, 4) is 22.8 Å². The molecule has 0 atom stereocenters. The van der Waals surface area contributed by atoms with Gasteiger partial charge >= 0.3 is 0 Å². The molecule has 0 bridgehead atoms. The molecule has 27 heavy (non-hydrogen) atoms. The smallest absolute Gasteiger partial charge is 0.258 e. The van der Waals surface area contributed by atoms with Gasteiger partial charge in [0, 0.05) is 28.8 Å². The summed E-state index contributed by atoms with van der Waals surface area (Å²) in [6.07, 6.45) is 4.28. The topological polar surface area (TPSA) is 56.7 Å². The first-order valence-corrected chi connectivity index (χ1v) is 9.48. The maximum Gasteiger partial charge on any atom is 0.258 e. The normalized spacial score (nSPS) is 11.6. The molecule has 5 heteroatoms. The van der Waals surface area contributed by atoms with Crippen LogP contribution in [0.15, 0.2) is 47.1 Å². The maximum atomic E-state index is 5.55. The monoisotopic (exact) mass is 360 g/mol. The molecule has 2 heterocycles. The van der Waals surface area contributed by atoms with Crippen molar-refractivity contribution in [3.63, 3.8) is 0 Å². The molecule has 0 aliphatic rings. The van der Waals surface area contributed by atoms with E-state index in [0.29, 0.717) is 17.8 Å². The Morgan fingerprint density at radius 1 is 1.11 bits per heavy atom. The fraction of sp³-hybridized carbons (Fsp3) is 0.318. The molecule has 4 rings (SSSR count). The fourth-order valence-corrected chi connectivity index (χ4v) is 3.31. The second kappa shape index (κ2) is 6.99. The van der Waals surface area contributed by atoms with E-state index in [1.165, 1.54) is 11.1 Å². The summed E-state index contributed by atoms with van der Waals surface area (Å²) in [7, 11) is 0. The maximum absolute atomic E-state index is 5.55. The zero-order valence-electron chi connectivity index (χ0n) is 16.2. The number of fused-ring (bicyclic) bond motifs is 1. The van der Waals surface area contributed by atoms with Gasteiger partial charge in [-0.2, -0.15) is 10.1 Å². The van der Waals surface area contributed by atoms with Gasteiger partial charge in [-0.15, -0.1) is 0 Å². The standard InChI is InChI=1S/C22H24N4O/c1-5-6-16-7-9-19(15(4)11-16)21-23-22(27-25-21)17-8-10-20-18(12-17)13-26(24-20)14(2)3/h7-14H,5-6H2,1-4H3. The highest BCUT2D eigenvalue weighted by atomic mass is 16.5. The predicted octanol–water partition coefficient (Wildman–Crippen LogP) is 5.60. The van der Waals surface area contributed by atoms with Crippen LogP contribution < -0.4 is 0 Å². The molecule has 2 aromatic heterocycles. The summed E-state index contributed by atoms with van der Waals surface area (Å²) in [5, 5.41) is 9.86. The molecular weight excluding hydrogens is 336 g/mol. The summed E-state index contributed by atoms with van der Waals surface area (Å²) in [6, 6.07) is 12.8. The summed E-state index contributed by atoms with van der Waals surface area (Å²) in [5.41, 5.74) is 5.40. The summed E-state index contributed by atoms with van der Waals surface area (Å²) < 4.78 is 7.52. The van der Waals surface area contributed by atoms with E-state index in [4.69, 9.17) is 4.52 Å². The van der Waals surface area contributed by atoms with Crippen LogP contribution in [0.5, 0.6) is 0 Å². The van der Waals surface area contributed by atoms with Gasteiger partial charge in [-0.3, -0.25) is 4.68 Å².